The van der Waals surface area contributed by atoms with Gasteiger partial charge in [0.15, 0.2) is 11.6 Å². The van der Waals surface area contributed by atoms with Gasteiger partial charge in [-0.05, 0) is 36.3 Å². The summed E-state index contributed by atoms with van der Waals surface area (Å²) in [4.78, 5) is 12.3. The number of Topliss-reactive ketones (excluding diaryl/α,β-unsaturated/α-hetero) is 1. The lowest BCUT2D eigenvalue weighted by Gasteiger charge is -2.03. The van der Waals surface area contributed by atoms with E-state index < -0.39 is 17.4 Å². The Kier molecular flexibility index (Phi) is 4.24. The van der Waals surface area contributed by atoms with Crippen molar-refractivity contribution in [3.8, 4) is 6.07 Å². The molecule has 0 aliphatic rings. The number of nitrogens with zero attached hydrogens (tertiary/aromatic N) is 1. The summed E-state index contributed by atoms with van der Waals surface area (Å²) in [5.41, 5.74) is 1.28. The van der Waals surface area contributed by atoms with Crippen molar-refractivity contribution in [2.45, 2.75) is 6.92 Å². The number of hydrogen-bond donors (Lipinski definition) is 0. The number of carbonyl (C=O) groups is 1. The van der Waals surface area contributed by atoms with Gasteiger partial charge in [0.25, 0.3) is 0 Å². The summed E-state index contributed by atoms with van der Waals surface area (Å²) < 4.78 is 26.0. The van der Waals surface area contributed by atoms with Crippen molar-refractivity contribution in [3.05, 3.63) is 76.4 Å². The maximum atomic E-state index is 13.1. The third-order valence-corrected chi connectivity index (χ3v) is 3.01. The standard InChI is InChI=1S/C17H11F2NO/c1-11-4-2-3-5-14(11)17(21)13(10-20)8-12-6-7-15(18)16(19)9-12/h2-9H,1H3/b13-8+. The highest BCUT2D eigenvalue weighted by atomic mass is 19.2. The van der Waals surface area contributed by atoms with Crippen molar-refractivity contribution in [2.75, 3.05) is 0 Å². The molecule has 0 bridgehead atoms. The first-order chi connectivity index (χ1) is 10.0. The summed E-state index contributed by atoms with van der Waals surface area (Å²) in [6, 6.07) is 11.9. The molecule has 0 unspecified atom stereocenters. The quantitative estimate of drug-likeness (QED) is 0.484. The fourth-order valence-electron chi connectivity index (χ4n) is 1.89. The van der Waals surface area contributed by atoms with Crippen molar-refractivity contribution in [1.29, 1.82) is 5.26 Å². The van der Waals surface area contributed by atoms with Crippen molar-refractivity contribution in [1.82, 2.24) is 0 Å². The van der Waals surface area contributed by atoms with Gasteiger partial charge in [0.1, 0.15) is 11.6 Å². The van der Waals surface area contributed by atoms with Crippen LogP contribution in [0.3, 0.4) is 0 Å². The number of hydrogen-bond acceptors (Lipinski definition) is 2. The second kappa shape index (κ2) is 6.10. The van der Waals surface area contributed by atoms with Crippen LogP contribution >= 0.6 is 0 Å². The fraction of sp³-hybridized carbons (Fsp3) is 0.0588. The Morgan fingerprint density at radius 3 is 2.48 bits per heavy atom. The highest BCUT2D eigenvalue weighted by Gasteiger charge is 2.14. The van der Waals surface area contributed by atoms with Gasteiger partial charge < -0.3 is 0 Å². The zero-order chi connectivity index (χ0) is 15.4. The molecule has 2 nitrogen and oxygen atoms in total. The Labute approximate surface area is 121 Å². The minimum atomic E-state index is -1.02. The molecule has 0 atom stereocenters. The van der Waals surface area contributed by atoms with E-state index >= 15 is 0 Å². The van der Waals surface area contributed by atoms with Gasteiger partial charge in [-0.3, -0.25) is 4.79 Å². The number of carbonyl (C=O) groups excluding carboxylic acids is 1. The highest BCUT2D eigenvalue weighted by Crippen LogP contribution is 2.17. The summed E-state index contributed by atoms with van der Waals surface area (Å²) in [5, 5.41) is 9.13. The van der Waals surface area contributed by atoms with E-state index in [9.17, 15) is 13.6 Å². The zero-order valence-electron chi connectivity index (χ0n) is 11.2. The monoisotopic (exact) mass is 283 g/mol. The minimum Gasteiger partial charge on any atom is -0.288 e. The molecule has 0 aliphatic heterocycles. The van der Waals surface area contributed by atoms with Gasteiger partial charge in [-0.15, -0.1) is 0 Å². The second-order valence-corrected chi connectivity index (χ2v) is 4.49. The van der Waals surface area contributed by atoms with E-state index in [0.717, 1.165) is 17.7 Å². The normalized spacial score (nSPS) is 11.0. The maximum absolute atomic E-state index is 13.1. The molecule has 0 radical (unpaired) electrons. The molecular formula is C17H11F2NO. The van der Waals surface area contributed by atoms with Gasteiger partial charge in [-0.25, -0.2) is 8.78 Å². The van der Waals surface area contributed by atoms with E-state index in [1.807, 2.05) is 0 Å². The van der Waals surface area contributed by atoms with Crippen molar-refractivity contribution in [2.24, 2.45) is 0 Å². The Morgan fingerprint density at radius 2 is 1.86 bits per heavy atom. The Balaban J connectivity index is 2.42. The van der Waals surface area contributed by atoms with Gasteiger partial charge in [0, 0.05) is 5.56 Å². The highest BCUT2D eigenvalue weighted by molar-refractivity contribution is 6.14. The van der Waals surface area contributed by atoms with Gasteiger partial charge in [-0.1, -0.05) is 30.3 Å². The molecule has 104 valence electrons. The summed E-state index contributed by atoms with van der Waals surface area (Å²) in [6.07, 6.45) is 1.25. The van der Waals surface area contributed by atoms with E-state index in [1.165, 1.54) is 12.1 Å². The molecule has 0 N–H and O–H groups in total. The molecule has 0 aromatic heterocycles. The third kappa shape index (κ3) is 3.21. The van der Waals surface area contributed by atoms with Crippen LogP contribution in [0, 0.1) is 29.9 Å². The topological polar surface area (TPSA) is 40.9 Å². The lowest BCUT2D eigenvalue weighted by Crippen LogP contribution is -2.04. The SMILES string of the molecule is Cc1ccccc1C(=O)/C(C#N)=C/c1ccc(F)c(F)c1. The number of rotatable bonds is 3. The number of nitriles is 1. The Bertz CT molecular complexity index is 773. The average Bonchev–Trinajstić information content (AvgIpc) is 2.48. The third-order valence-electron chi connectivity index (χ3n) is 3.01. The Hall–Kier alpha value is -2.80. The molecule has 2 aromatic carbocycles. The summed E-state index contributed by atoms with van der Waals surface area (Å²) in [7, 11) is 0. The van der Waals surface area contributed by atoms with Gasteiger partial charge in [0.2, 0.25) is 5.78 Å². The van der Waals surface area contributed by atoms with Crippen LogP contribution in [0.2, 0.25) is 0 Å². The molecule has 21 heavy (non-hydrogen) atoms. The van der Waals surface area contributed by atoms with Crippen molar-refractivity contribution < 1.29 is 13.6 Å². The van der Waals surface area contributed by atoms with Crippen LogP contribution in [0.15, 0.2) is 48.0 Å². The summed E-state index contributed by atoms with van der Waals surface area (Å²) >= 11 is 0. The molecular weight excluding hydrogens is 272 g/mol. The van der Waals surface area contributed by atoms with Crippen LogP contribution in [0.4, 0.5) is 8.78 Å². The number of benzene rings is 2. The maximum Gasteiger partial charge on any atom is 0.203 e. The molecule has 0 saturated carbocycles. The van der Waals surface area contributed by atoms with E-state index in [1.54, 1.807) is 37.3 Å². The predicted octanol–water partition coefficient (Wildman–Crippen LogP) is 4.06. The number of ketones is 1. The molecule has 0 fully saturated rings. The fourth-order valence-corrected chi connectivity index (χ4v) is 1.89. The number of aryl methyl sites for hydroxylation is 1. The van der Waals surface area contributed by atoms with Crippen LogP contribution < -0.4 is 0 Å². The lowest BCUT2D eigenvalue weighted by molar-refractivity contribution is 0.103. The number of halogens is 2. The van der Waals surface area contributed by atoms with Crippen LogP contribution in [0.25, 0.3) is 6.08 Å². The largest absolute Gasteiger partial charge is 0.288 e. The zero-order valence-corrected chi connectivity index (χ0v) is 11.2. The van der Waals surface area contributed by atoms with Crippen LogP contribution in [-0.4, -0.2) is 5.78 Å². The van der Waals surface area contributed by atoms with Crippen LogP contribution in [0.1, 0.15) is 21.5 Å². The van der Waals surface area contributed by atoms with Gasteiger partial charge in [-0.2, -0.15) is 5.26 Å². The molecule has 0 saturated heterocycles. The molecule has 0 amide bonds. The first-order valence-electron chi connectivity index (χ1n) is 6.20. The Morgan fingerprint density at radius 1 is 1.14 bits per heavy atom. The molecule has 0 aliphatic carbocycles. The number of allylic oxidation sites excluding steroid dienone is 1. The van der Waals surface area contributed by atoms with Crippen LogP contribution in [-0.2, 0) is 0 Å². The van der Waals surface area contributed by atoms with Crippen LogP contribution in [0.5, 0.6) is 0 Å². The van der Waals surface area contributed by atoms with Gasteiger partial charge in [0.05, 0.1) is 0 Å². The first kappa shape index (κ1) is 14.6. The van der Waals surface area contributed by atoms with E-state index in [-0.39, 0.29) is 11.1 Å². The summed E-state index contributed by atoms with van der Waals surface area (Å²) in [6.45, 7) is 1.76. The lowest BCUT2D eigenvalue weighted by atomic mass is 9.98. The average molecular weight is 283 g/mol. The minimum absolute atomic E-state index is 0.129. The van der Waals surface area contributed by atoms with E-state index in [4.69, 9.17) is 5.26 Å². The van der Waals surface area contributed by atoms with E-state index in [2.05, 4.69) is 0 Å². The van der Waals surface area contributed by atoms with Crippen molar-refractivity contribution in [3.63, 3.8) is 0 Å². The smallest absolute Gasteiger partial charge is 0.203 e. The molecule has 2 aromatic rings. The predicted molar refractivity (Wildman–Crippen MR) is 75.5 cm³/mol. The second-order valence-electron chi connectivity index (χ2n) is 4.49. The first-order valence-corrected chi connectivity index (χ1v) is 6.20. The van der Waals surface area contributed by atoms with E-state index in [0.29, 0.717) is 5.56 Å². The molecule has 0 spiro atoms. The summed E-state index contributed by atoms with van der Waals surface area (Å²) in [5.74, 6) is -2.44. The molecule has 2 rings (SSSR count). The molecule has 0 heterocycles. The van der Waals surface area contributed by atoms with Crippen molar-refractivity contribution >= 4 is 11.9 Å². The van der Waals surface area contributed by atoms with Gasteiger partial charge >= 0.3 is 0 Å². The molecule has 4 heteroatoms.